The highest BCUT2D eigenvalue weighted by Crippen LogP contribution is 2.30. The fourth-order valence-electron chi connectivity index (χ4n) is 11.3. The number of nitrogens with zero attached hydrogens (tertiary/aromatic N) is 10. The highest BCUT2D eigenvalue weighted by molar-refractivity contribution is 5.97. The Bertz CT molecular complexity index is 3130. The van der Waals surface area contributed by atoms with Gasteiger partial charge < -0.3 is 20.9 Å². The summed E-state index contributed by atoms with van der Waals surface area (Å²) in [5.74, 6) is 15.3. The van der Waals surface area contributed by atoms with Gasteiger partial charge in [0.1, 0.15) is 24.3 Å². The number of pyridine rings is 2. The number of aromatic nitrogens is 6. The second-order valence-corrected chi connectivity index (χ2v) is 20.9. The van der Waals surface area contributed by atoms with Crippen LogP contribution in [0.5, 0.6) is 0 Å². The second-order valence-electron chi connectivity index (χ2n) is 20.9. The van der Waals surface area contributed by atoms with Gasteiger partial charge in [-0.25, -0.2) is 29.9 Å². The molecule has 0 spiro atoms. The van der Waals surface area contributed by atoms with Crippen LogP contribution in [0, 0.1) is 43.4 Å². The summed E-state index contributed by atoms with van der Waals surface area (Å²) in [5.41, 5.74) is 17.6. The number of hydrogen-bond acceptors (Lipinski definition) is 12. The van der Waals surface area contributed by atoms with E-state index in [9.17, 15) is 9.59 Å². The monoisotopic (exact) mass is 1030 g/mol. The van der Waals surface area contributed by atoms with Crippen LogP contribution in [0.25, 0.3) is 22.5 Å². The number of piperazine rings is 2. The Balaban J connectivity index is 0.000000188. The Morgan fingerprint density at radius 3 is 1.56 bits per heavy atom. The highest BCUT2D eigenvalue weighted by Gasteiger charge is 2.30. The number of carbonyl (C=O) groups is 2. The van der Waals surface area contributed by atoms with Crippen LogP contribution in [0.3, 0.4) is 0 Å². The molecule has 10 rings (SSSR count). The molecular formula is C63H74N12O2. The van der Waals surface area contributed by atoms with Gasteiger partial charge in [0.15, 0.2) is 0 Å². The smallest absolute Gasteiger partial charge is 0.254 e. The summed E-state index contributed by atoms with van der Waals surface area (Å²) in [5, 5.41) is 3.02. The van der Waals surface area contributed by atoms with E-state index in [1.807, 2.05) is 79.2 Å². The normalized spacial score (nSPS) is 16.4. The molecule has 2 aliphatic carbocycles. The topological polar surface area (TPSA) is 162 Å². The summed E-state index contributed by atoms with van der Waals surface area (Å²) in [6.07, 6.45) is 20.3. The molecule has 2 aromatic carbocycles. The maximum Gasteiger partial charge on any atom is 0.254 e. The number of amides is 2. The van der Waals surface area contributed by atoms with Crippen LogP contribution in [0.1, 0.15) is 137 Å². The standard InChI is InChI=1S/C32H38N6O.C31H36N6O/c1-3-29-28(12-9-24-10-14-30(33)34-20-24)31(36-22-35-29)26-11-13-27(23(2)19-26)32(39)38-17-15-37(16-18-38)21-25-7-5-4-6-8-25;1-4-28-27(12-9-23-10-14-29(32-3)33-20-23)30(35-21-34-28)24-11-13-26(22(2)19-24)31(38)37-17-15-36(16-18-37)25-7-5-6-8-25/h10-11,13-14,19-20,22,25H,3-8,15-18,21H2,1-2H3,(H2,33,34);10-11,13-14,19-21,25H,4-8,15-18H2,1-3H3,(H,32,33). The average Bonchev–Trinajstić information content (AvgIpc) is 4.03. The fourth-order valence-corrected chi connectivity index (χ4v) is 11.3. The lowest BCUT2D eigenvalue weighted by molar-refractivity contribution is 0.0571. The van der Waals surface area contributed by atoms with Gasteiger partial charge in [-0.2, -0.15) is 0 Å². The molecule has 0 radical (unpaired) electrons. The lowest BCUT2D eigenvalue weighted by atomic mass is 9.89. The highest BCUT2D eigenvalue weighted by atomic mass is 16.2. The Morgan fingerprint density at radius 2 is 1.09 bits per heavy atom. The van der Waals surface area contributed by atoms with Gasteiger partial charge in [-0.3, -0.25) is 19.4 Å². The third kappa shape index (κ3) is 13.5. The zero-order valence-electron chi connectivity index (χ0n) is 45.7. The summed E-state index contributed by atoms with van der Waals surface area (Å²) in [4.78, 5) is 62.7. The molecule has 4 fully saturated rings. The number of anilines is 2. The number of aryl methyl sites for hydroxylation is 4. The van der Waals surface area contributed by atoms with Crippen molar-refractivity contribution >= 4 is 23.5 Å². The second kappa shape index (κ2) is 26.0. The predicted molar refractivity (Wildman–Crippen MR) is 306 cm³/mol. The van der Waals surface area contributed by atoms with E-state index in [2.05, 4.69) is 88.6 Å². The van der Waals surface area contributed by atoms with E-state index in [-0.39, 0.29) is 11.8 Å². The lowest BCUT2D eigenvalue weighted by Gasteiger charge is -2.38. The number of benzene rings is 2. The van der Waals surface area contributed by atoms with Crippen LogP contribution in [0.15, 0.2) is 85.7 Å². The molecule has 0 bridgehead atoms. The zero-order chi connectivity index (χ0) is 53.7. The minimum Gasteiger partial charge on any atom is -0.384 e. The molecule has 2 saturated heterocycles. The third-order valence-electron chi connectivity index (χ3n) is 15.8. The van der Waals surface area contributed by atoms with Crippen molar-refractivity contribution in [3.8, 4) is 46.2 Å². The molecule has 14 heteroatoms. The molecular weight excluding hydrogens is 957 g/mol. The van der Waals surface area contributed by atoms with E-state index >= 15 is 0 Å². The molecule has 77 heavy (non-hydrogen) atoms. The molecule has 2 amide bonds. The molecule has 4 aliphatic rings. The van der Waals surface area contributed by atoms with Crippen molar-refractivity contribution in [3.63, 3.8) is 0 Å². The largest absolute Gasteiger partial charge is 0.384 e. The molecule has 4 aromatic heterocycles. The van der Waals surface area contributed by atoms with E-state index in [1.54, 1.807) is 31.1 Å². The van der Waals surface area contributed by atoms with Gasteiger partial charge in [-0.05, 0) is 118 Å². The minimum atomic E-state index is 0.115. The average molecular weight is 1030 g/mol. The number of nitrogens with one attached hydrogen (secondary N) is 1. The van der Waals surface area contributed by atoms with Gasteiger partial charge >= 0.3 is 0 Å². The van der Waals surface area contributed by atoms with E-state index in [0.29, 0.717) is 5.82 Å². The van der Waals surface area contributed by atoms with Gasteiger partial charge in [0.25, 0.3) is 11.8 Å². The summed E-state index contributed by atoms with van der Waals surface area (Å²) in [7, 11) is 1.84. The number of carbonyl (C=O) groups excluding carboxylic acids is 2. The molecule has 3 N–H and O–H groups in total. The molecule has 6 aromatic rings. The van der Waals surface area contributed by atoms with Gasteiger partial charge in [0.2, 0.25) is 0 Å². The third-order valence-corrected chi connectivity index (χ3v) is 15.8. The quantitative estimate of drug-likeness (QED) is 0.125. The number of hydrogen-bond donors (Lipinski definition) is 2. The van der Waals surface area contributed by atoms with Gasteiger partial charge in [0, 0.05) is 118 Å². The Kier molecular flexibility index (Phi) is 18.3. The van der Waals surface area contributed by atoms with Crippen molar-refractivity contribution < 1.29 is 9.59 Å². The molecule has 2 saturated carbocycles. The van der Waals surface area contributed by atoms with Crippen molar-refractivity contribution in [1.82, 2.24) is 49.5 Å². The van der Waals surface area contributed by atoms with Crippen molar-refractivity contribution in [2.45, 2.75) is 104 Å². The van der Waals surface area contributed by atoms with Gasteiger partial charge in [-0.1, -0.05) is 81.8 Å². The molecule has 14 nitrogen and oxygen atoms in total. The molecule has 0 atom stereocenters. The first-order valence-electron chi connectivity index (χ1n) is 27.9. The van der Waals surface area contributed by atoms with Crippen LogP contribution < -0.4 is 11.1 Å². The maximum absolute atomic E-state index is 13.5. The predicted octanol–water partition coefficient (Wildman–Crippen LogP) is 9.28. The lowest BCUT2D eigenvalue weighted by Crippen LogP contribution is -2.51. The summed E-state index contributed by atoms with van der Waals surface area (Å²) >= 11 is 0. The zero-order valence-corrected chi connectivity index (χ0v) is 45.7. The fraction of sp³-hybridized carbons (Fsp3) is 0.429. The first kappa shape index (κ1) is 54.3. The number of nitrogens with two attached hydrogens (primary N) is 1. The van der Waals surface area contributed by atoms with Gasteiger partial charge in [0.05, 0.1) is 33.9 Å². The number of nitrogen functional groups attached to an aromatic ring is 1. The molecule has 0 unspecified atom stereocenters. The van der Waals surface area contributed by atoms with Crippen molar-refractivity contribution in [2.75, 3.05) is 77.0 Å². The Morgan fingerprint density at radius 1 is 0.584 bits per heavy atom. The van der Waals surface area contributed by atoms with E-state index in [4.69, 9.17) is 5.73 Å². The maximum atomic E-state index is 13.5. The first-order valence-corrected chi connectivity index (χ1v) is 27.9. The first-order chi connectivity index (χ1) is 37.6. The minimum absolute atomic E-state index is 0.115. The van der Waals surface area contributed by atoms with E-state index in [0.717, 1.165) is 161 Å². The van der Waals surface area contributed by atoms with Crippen LogP contribution in [0.2, 0.25) is 0 Å². The van der Waals surface area contributed by atoms with Crippen molar-refractivity contribution in [3.05, 3.63) is 142 Å². The molecule has 6 heterocycles. The van der Waals surface area contributed by atoms with Crippen molar-refractivity contribution in [1.29, 1.82) is 0 Å². The summed E-state index contributed by atoms with van der Waals surface area (Å²) < 4.78 is 0. The summed E-state index contributed by atoms with van der Waals surface area (Å²) in [6, 6.07) is 20.1. The van der Waals surface area contributed by atoms with E-state index in [1.165, 1.54) is 64.3 Å². The Labute approximate surface area is 455 Å². The van der Waals surface area contributed by atoms with E-state index < -0.39 is 0 Å². The summed E-state index contributed by atoms with van der Waals surface area (Å²) in [6.45, 7) is 16.4. The molecule has 2 aliphatic heterocycles. The molecule has 398 valence electrons. The van der Waals surface area contributed by atoms with Crippen molar-refractivity contribution in [2.24, 2.45) is 5.92 Å². The van der Waals surface area contributed by atoms with Crippen LogP contribution >= 0.6 is 0 Å². The van der Waals surface area contributed by atoms with Gasteiger partial charge in [-0.15, -0.1) is 0 Å². The van der Waals surface area contributed by atoms with Crippen LogP contribution in [-0.2, 0) is 12.8 Å². The Hall–Kier alpha value is -7.52. The van der Waals surface area contributed by atoms with Crippen LogP contribution in [-0.4, -0.2) is 133 Å². The SMILES string of the molecule is CCc1ncnc(-c2ccc(C(=O)N3CCN(C4CCCC4)CC3)c(C)c2)c1C#Cc1ccc(NC)nc1.CCc1ncnc(-c2ccc(C(=O)N3CCN(CC4CCCCC4)CC3)c(C)c2)c1C#Cc1ccc(N)nc1. The number of rotatable bonds is 10. The van der Waals surface area contributed by atoms with Crippen LogP contribution in [0.4, 0.5) is 11.6 Å².